The first-order valence-electron chi connectivity index (χ1n) is 17.3. The van der Waals surface area contributed by atoms with E-state index >= 15 is 0 Å². The number of aromatic hydroxyl groups is 8. The van der Waals surface area contributed by atoms with Gasteiger partial charge in [0.2, 0.25) is 23.0 Å². The summed E-state index contributed by atoms with van der Waals surface area (Å²) in [6, 6.07) is 37.6. The second-order valence-electron chi connectivity index (χ2n) is 13.7. The van der Waals surface area contributed by atoms with E-state index in [0.29, 0.717) is 27.7 Å². The molecule has 8 N–H and O–H groups in total. The summed E-state index contributed by atoms with van der Waals surface area (Å²) in [5, 5.41) is 95.1. The molecule has 0 radical (unpaired) electrons. The van der Waals surface area contributed by atoms with Gasteiger partial charge in [-0.15, -0.1) is 0 Å². The second-order valence-corrected chi connectivity index (χ2v) is 13.7. The zero-order valence-corrected chi connectivity index (χ0v) is 28.5. The van der Waals surface area contributed by atoms with Gasteiger partial charge in [-0.25, -0.2) is 0 Å². The van der Waals surface area contributed by atoms with Crippen molar-refractivity contribution in [3.05, 3.63) is 121 Å². The van der Waals surface area contributed by atoms with Crippen molar-refractivity contribution in [3.63, 3.8) is 0 Å². The van der Waals surface area contributed by atoms with Crippen LogP contribution >= 0.6 is 0 Å². The molecule has 0 aliphatic rings. The van der Waals surface area contributed by atoms with Crippen LogP contribution in [0.3, 0.4) is 0 Å². The largest absolute Gasteiger partial charge is 0.504 e. The van der Waals surface area contributed by atoms with Gasteiger partial charge < -0.3 is 45.3 Å². The normalized spacial score (nSPS) is 11.9. The van der Waals surface area contributed by atoms with Crippen molar-refractivity contribution in [2.24, 2.45) is 0 Å². The fourth-order valence-corrected chi connectivity index (χ4v) is 8.10. The summed E-state index contributed by atoms with van der Waals surface area (Å²) in [5.41, 5.74) is 3.44. The first-order valence-corrected chi connectivity index (χ1v) is 17.3. The lowest BCUT2D eigenvalue weighted by atomic mass is 9.83. The Labute approximate surface area is 310 Å². The fourth-order valence-electron chi connectivity index (χ4n) is 8.10. The monoisotopic (exact) mass is 724 g/mol. The molecule has 0 saturated carbocycles. The fraction of sp³-hybridized carbons (Fsp3) is 0. The summed E-state index contributed by atoms with van der Waals surface area (Å²) in [6.45, 7) is 0. The third kappa shape index (κ3) is 4.41. The van der Waals surface area contributed by atoms with Gasteiger partial charge in [0.15, 0.2) is 23.0 Å². The molecule has 1 heterocycles. The molecule has 10 aromatic rings. The van der Waals surface area contributed by atoms with Crippen molar-refractivity contribution >= 4 is 65.0 Å². The van der Waals surface area contributed by atoms with Gasteiger partial charge in [-0.2, -0.15) is 0 Å². The SMILES string of the molecule is Oc1c(O)c(O)c2c(-c3ccc4oc5ccc6ccccc6c5c4c3)c3c(O)c(O)c(O)c(O)c3c(-c3ccc(-c4ccc5ccccc5c4)cc3)c2c1O. The van der Waals surface area contributed by atoms with E-state index in [2.05, 4.69) is 0 Å². The highest BCUT2D eigenvalue weighted by Gasteiger charge is 2.32. The third-order valence-electron chi connectivity index (χ3n) is 10.7. The lowest BCUT2D eigenvalue weighted by Crippen LogP contribution is -1.94. The molecule has 0 amide bonds. The molecule has 0 spiro atoms. The molecule has 1 aromatic heterocycles. The molecule has 0 aliphatic heterocycles. The maximum atomic E-state index is 11.7. The molecule has 9 heteroatoms. The first kappa shape index (κ1) is 31.9. The van der Waals surface area contributed by atoms with E-state index in [9.17, 15) is 40.9 Å². The van der Waals surface area contributed by atoms with Crippen molar-refractivity contribution in [2.75, 3.05) is 0 Å². The van der Waals surface area contributed by atoms with Gasteiger partial charge in [0.05, 0.1) is 0 Å². The molecule has 0 fully saturated rings. The minimum Gasteiger partial charge on any atom is -0.504 e. The van der Waals surface area contributed by atoms with Gasteiger partial charge in [0.1, 0.15) is 11.2 Å². The smallest absolute Gasteiger partial charge is 0.204 e. The van der Waals surface area contributed by atoms with Crippen LogP contribution in [0.25, 0.3) is 98.4 Å². The van der Waals surface area contributed by atoms with E-state index in [1.54, 1.807) is 30.3 Å². The van der Waals surface area contributed by atoms with E-state index in [4.69, 9.17) is 4.42 Å². The Morgan fingerprint density at radius 2 is 0.745 bits per heavy atom. The van der Waals surface area contributed by atoms with Crippen LogP contribution in [0.5, 0.6) is 46.0 Å². The molecular weight excluding hydrogens is 696 g/mol. The standard InChI is InChI=1S/C46H28O9/c47-39-35-32(24-12-9-22(10-13-24)26-14-11-21-5-1-2-7-25(21)19-26)36-38(42(50)46(54)44(52)40(36)48)33(37(35)41(49)45(53)43(39)51)27-16-17-30-29(20-27)34-28-8-4-3-6-23(28)15-18-31(34)55-30/h1-20,47-54H. The highest BCUT2D eigenvalue weighted by Crippen LogP contribution is 2.62. The Bertz CT molecular complexity index is 3210. The number of fused-ring (bicyclic) bond motifs is 8. The highest BCUT2D eigenvalue weighted by atomic mass is 16.4. The van der Waals surface area contributed by atoms with Crippen molar-refractivity contribution in [1.29, 1.82) is 0 Å². The zero-order valence-electron chi connectivity index (χ0n) is 28.5. The van der Waals surface area contributed by atoms with Crippen LogP contribution in [0, 0.1) is 0 Å². The number of hydrogen-bond acceptors (Lipinski definition) is 9. The Kier molecular flexibility index (Phi) is 6.59. The van der Waals surface area contributed by atoms with Crippen LogP contribution < -0.4 is 0 Å². The van der Waals surface area contributed by atoms with Crippen LogP contribution in [0.15, 0.2) is 126 Å². The number of hydrogen-bond donors (Lipinski definition) is 8. The highest BCUT2D eigenvalue weighted by molar-refractivity contribution is 6.29. The van der Waals surface area contributed by atoms with Crippen LogP contribution in [0.1, 0.15) is 0 Å². The minimum atomic E-state index is -1.03. The number of furan rings is 1. The van der Waals surface area contributed by atoms with Crippen LogP contribution in [-0.2, 0) is 0 Å². The lowest BCUT2D eigenvalue weighted by Gasteiger charge is -2.22. The minimum absolute atomic E-state index is 0.0224. The molecule has 0 bridgehead atoms. The molecule has 9 nitrogen and oxygen atoms in total. The average Bonchev–Trinajstić information content (AvgIpc) is 3.61. The quantitative estimate of drug-likeness (QED) is 0.0501. The molecule has 0 saturated heterocycles. The predicted octanol–water partition coefficient (Wildman–Crippen LogP) is 10.8. The van der Waals surface area contributed by atoms with E-state index in [0.717, 1.165) is 38.1 Å². The molecule has 0 atom stereocenters. The summed E-state index contributed by atoms with van der Waals surface area (Å²) in [7, 11) is 0. The van der Waals surface area contributed by atoms with Crippen LogP contribution in [0.4, 0.5) is 0 Å². The zero-order chi connectivity index (χ0) is 37.9. The Morgan fingerprint density at radius 1 is 0.291 bits per heavy atom. The van der Waals surface area contributed by atoms with Crippen LogP contribution in [-0.4, -0.2) is 40.9 Å². The topological polar surface area (TPSA) is 175 Å². The lowest BCUT2D eigenvalue weighted by molar-refractivity contribution is 0.350. The van der Waals surface area contributed by atoms with Gasteiger partial charge in [0, 0.05) is 43.4 Å². The number of rotatable bonds is 3. The van der Waals surface area contributed by atoms with Gasteiger partial charge in [0.25, 0.3) is 0 Å². The summed E-state index contributed by atoms with van der Waals surface area (Å²) < 4.78 is 6.20. The summed E-state index contributed by atoms with van der Waals surface area (Å²) >= 11 is 0. The van der Waals surface area contributed by atoms with Crippen molar-refractivity contribution in [3.8, 4) is 79.4 Å². The van der Waals surface area contributed by atoms with E-state index in [-0.39, 0.29) is 32.7 Å². The van der Waals surface area contributed by atoms with Crippen LogP contribution in [0.2, 0.25) is 0 Å². The van der Waals surface area contributed by atoms with E-state index < -0.39 is 46.0 Å². The summed E-state index contributed by atoms with van der Waals surface area (Å²) in [6.07, 6.45) is 0. The maximum Gasteiger partial charge on any atom is 0.204 e. The Balaban J connectivity index is 1.33. The molecule has 9 aromatic carbocycles. The number of phenolic OH excluding ortho intramolecular Hbond substituents is 8. The Hall–Kier alpha value is -7.78. The van der Waals surface area contributed by atoms with Gasteiger partial charge in [-0.1, -0.05) is 97.1 Å². The van der Waals surface area contributed by atoms with Crippen molar-refractivity contribution in [2.45, 2.75) is 0 Å². The molecular formula is C46H28O9. The maximum absolute atomic E-state index is 11.7. The third-order valence-corrected chi connectivity index (χ3v) is 10.7. The van der Waals surface area contributed by atoms with Crippen molar-refractivity contribution < 1.29 is 45.3 Å². The molecule has 55 heavy (non-hydrogen) atoms. The molecule has 0 aliphatic carbocycles. The number of benzene rings is 9. The van der Waals surface area contributed by atoms with Gasteiger partial charge in [-0.05, 0) is 68.1 Å². The average molecular weight is 725 g/mol. The van der Waals surface area contributed by atoms with E-state index in [1.165, 1.54) is 0 Å². The predicted molar refractivity (Wildman–Crippen MR) is 213 cm³/mol. The van der Waals surface area contributed by atoms with Crippen molar-refractivity contribution in [1.82, 2.24) is 0 Å². The van der Waals surface area contributed by atoms with Gasteiger partial charge >= 0.3 is 0 Å². The van der Waals surface area contributed by atoms with E-state index in [1.807, 2.05) is 91.0 Å². The summed E-state index contributed by atoms with van der Waals surface area (Å²) in [5.74, 6) is -7.48. The Morgan fingerprint density at radius 3 is 1.36 bits per heavy atom. The molecule has 266 valence electrons. The molecule has 0 unspecified atom stereocenters. The summed E-state index contributed by atoms with van der Waals surface area (Å²) in [4.78, 5) is 0. The molecule has 10 rings (SSSR count). The first-order chi connectivity index (χ1) is 26.6. The number of phenols is 8. The second kappa shape index (κ2) is 11.4. The van der Waals surface area contributed by atoms with Gasteiger partial charge in [-0.3, -0.25) is 0 Å².